The molecule has 0 aliphatic carbocycles. The Labute approximate surface area is 180 Å². The maximum atomic E-state index is 11.8. The van der Waals surface area contributed by atoms with Crippen molar-refractivity contribution in [1.82, 2.24) is 4.37 Å². The molecule has 0 bridgehead atoms. The molecule has 0 aliphatic heterocycles. The highest BCUT2D eigenvalue weighted by atomic mass is 32.1. The average molecular weight is 418 g/mol. The van der Waals surface area contributed by atoms with E-state index < -0.39 is 0 Å². The number of anilines is 1. The van der Waals surface area contributed by atoms with Crippen LogP contribution in [0.25, 0.3) is 0 Å². The topological polar surface area (TPSA) is 90.5 Å². The van der Waals surface area contributed by atoms with Crippen molar-refractivity contribution in [2.75, 3.05) is 5.32 Å². The summed E-state index contributed by atoms with van der Waals surface area (Å²) in [7, 11) is 0. The minimum absolute atomic E-state index is 0.175. The fourth-order valence-corrected chi connectivity index (χ4v) is 3.91. The molecule has 1 amide bonds. The minimum Gasteiger partial charge on any atom is -0.324 e. The molecular formula is C23H23N5OS. The van der Waals surface area contributed by atoms with Crippen molar-refractivity contribution in [3.05, 3.63) is 70.9 Å². The molecule has 1 atom stereocenters. The summed E-state index contributed by atoms with van der Waals surface area (Å²) >= 11 is 1.13. The lowest BCUT2D eigenvalue weighted by atomic mass is 9.89. The van der Waals surface area contributed by atoms with Crippen LogP contribution in [0, 0.1) is 18.3 Å². The lowest BCUT2D eigenvalue weighted by Crippen LogP contribution is -2.08. The molecule has 1 unspecified atom stereocenters. The number of carbonyl (C=O) groups excluding carboxylic acids is 1. The zero-order chi connectivity index (χ0) is 21.5. The SMILES string of the molecule is CCC(Cc1ccccc1)c1ccc(N=Nc2snc(C)c2C#N)c(NC(C)=O)c1. The second-order valence-electron chi connectivity index (χ2n) is 7.01. The van der Waals surface area contributed by atoms with Crippen LogP contribution in [0.15, 0.2) is 58.8 Å². The molecule has 0 spiro atoms. The number of azo groups is 1. The summed E-state index contributed by atoms with van der Waals surface area (Å²) in [6.07, 6.45) is 1.89. The van der Waals surface area contributed by atoms with E-state index in [1.54, 1.807) is 6.92 Å². The summed E-state index contributed by atoms with van der Waals surface area (Å²) in [6, 6.07) is 18.3. The fraction of sp³-hybridized carbons (Fsp3) is 0.261. The van der Waals surface area contributed by atoms with Gasteiger partial charge in [-0.05, 0) is 60.5 Å². The highest BCUT2D eigenvalue weighted by Crippen LogP contribution is 2.34. The maximum Gasteiger partial charge on any atom is 0.221 e. The van der Waals surface area contributed by atoms with E-state index in [-0.39, 0.29) is 5.91 Å². The van der Waals surface area contributed by atoms with Gasteiger partial charge in [-0.25, -0.2) is 0 Å². The van der Waals surface area contributed by atoms with Crippen LogP contribution in [-0.4, -0.2) is 10.3 Å². The molecule has 3 aromatic rings. The van der Waals surface area contributed by atoms with Crippen LogP contribution in [0.2, 0.25) is 0 Å². The maximum absolute atomic E-state index is 11.8. The zero-order valence-corrected chi connectivity index (χ0v) is 18.0. The first-order valence-corrected chi connectivity index (χ1v) is 10.5. The van der Waals surface area contributed by atoms with Crippen LogP contribution in [-0.2, 0) is 11.2 Å². The predicted molar refractivity (Wildman–Crippen MR) is 120 cm³/mol. The fourth-order valence-electron chi connectivity index (χ4n) is 3.24. The van der Waals surface area contributed by atoms with Gasteiger partial charge in [0.15, 0.2) is 5.00 Å². The number of nitriles is 1. The van der Waals surface area contributed by atoms with Crippen LogP contribution >= 0.6 is 11.5 Å². The Kier molecular flexibility index (Phi) is 7.04. The van der Waals surface area contributed by atoms with E-state index in [0.717, 1.165) is 29.9 Å². The van der Waals surface area contributed by atoms with Gasteiger partial charge in [0.1, 0.15) is 17.3 Å². The van der Waals surface area contributed by atoms with Crippen molar-refractivity contribution in [2.24, 2.45) is 10.2 Å². The Balaban J connectivity index is 1.92. The molecule has 0 radical (unpaired) electrons. The van der Waals surface area contributed by atoms with Crippen LogP contribution in [0.5, 0.6) is 0 Å². The first-order chi connectivity index (χ1) is 14.5. The van der Waals surface area contributed by atoms with Gasteiger partial charge in [-0.15, -0.1) is 10.2 Å². The second kappa shape index (κ2) is 9.90. The third-order valence-corrected chi connectivity index (χ3v) is 5.65. The van der Waals surface area contributed by atoms with E-state index in [4.69, 9.17) is 0 Å². The second-order valence-corrected chi connectivity index (χ2v) is 7.76. The number of nitrogens with one attached hydrogen (secondary N) is 1. The number of nitrogens with zero attached hydrogens (tertiary/aromatic N) is 4. The Bertz CT molecular complexity index is 1100. The Morgan fingerprint density at radius 3 is 2.67 bits per heavy atom. The van der Waals surface area contributed by atoms with Crippen LogP contribution in [0.3, 0.4) is 0 Å². The van der Waals surface area contributed by atoms with E-state index in [9.17, 15) is 10.1 Å². The van der Waals surface area contributed by atoms with E-state index in [0.29, 0.717) is 33.6 Å². The number of aromatic nitrogens is 1. The molecule has 7 heteroatoms. The van der Waals surface area contributed by atoms with Crippen molar-refractivity contribution in [3.63, 3.8) is 0 Å². The van der Waals surface area contributed by atoms with Gasteiger partial charge in [-0.1, -0.05) is 43.3 Å². The van der Waals surface area contributed by atoms with Crippen molar-refractivity contribution in [3.8, 4) is 6.07 Å². The molecule has 0 fully saturated rings. The molecule has 2 aromatic carbocycles. The monoisotopic (exact) mass is 417 g/mol. The van der Waals surface area contributed by atoms with Crippen molar-refractivity contribution >= 4 is 33.8 Å². The molecule has 152 valence electrons. The highest BCUT2D eigenvalue weighted by Gasteiger charge is 2.14. The van der Waals surface area contributed by atoms with Crippen molar-refractivity contribution in [2.45, 2.75) is 39.5 Å². The number of benzene rings is 2. The quantitative estimate of drug-likeness (QED) is 0.449. The van der Waals surface area contributed by atoms with Crippen LogP contribution in [0.4, 0.5) is 16.4 Å². The summed E-state index contributed by atoms with van der Waals surface area (Å²) in [5, 5.41) is 21.1. The van der Waals surface area contributed by atoms with Gasteiger partial charge >= 0.3 is 0 Å². The normalized spacial score (nSPS) is 11.9. The molecular weight excluding hydrogens is 394 g/mol. The van der Waals surface area contributed by atoms with E-state index >= 15 is 0 Å². The highest BCUT2D eigenvalue weighted by molar-refractivity contribution is 7.10. The lowest BCUT2D eigenvalue weighted by Gasteiger charge is -2.17. The molecule has 6 nitrogen and oxygen atoms in total. The average Bonchev–Trinajstić information content (AvgIpc) is 3.10. The summed E-state index contributed by atoms with van der Waals surface area (Å²) in [6.45, 7) is 5.40. The van der Waals surface area contributed by atoms with Gasteiger partial charge in [-0.2, -0.15) is 9.64 Å². The Morgan fingerprint density at radius 2 is 2.00 bits per heavy atom. The van der Waals surface area contributed by atoms with Crippen molar-refractivity contribution < 1.29 is 4.79 Å². The van der Waals surface area contributed by atoms with Gasteiger partial charge in [0.2, 0.25) is 5.91 Å². The Morgan fingerprint density at radius 1 is 1.23 bits per heavy atom. The van der Waals surface area contributed by atoms with Gasteiger partial charge in [0.05, 0.1) is 11.4 Å². The third kappa shape index (κ3) is 5.16. The number of rotatable bonds is 7. The minimum atomic E-state index is -0.175. The Hall–Kier alpha value is -3.37. The van der Waals surface area contributed by atoms with Crippen LogP contribution < -0.4 is 5.32 Å². The first kappa shape index (κ1) is 21.3. The number of hydrogen-bond donors (Lipinski definition) is 1. The molecule has 0 saturated carbocycles. The lowest BCUT2D eigenvalue weighted by molar-refractivity contribution is -0.114. The smallest absolute Gasteiger partial charge is 0.221 e. The van der Waals surface area contributed by atoms with Crippen molar-refractivity contribution in [1.29, 1.82) is 5.26 Å². The first-order valence-electron chi connectivity index (χ1n) is 9.75. The van der Waals surface area contributed by atoms with E-state index in [1.807, 2.05) is 36.4 Å². The molecule has 1 N–H and O–H groups in total. The van der Waals surface area contributed by atoms with Gasteiger partial charge in [-0.3, -0.25) is 4.79 Å². The molecule has 0 saturated heterocycles. The number of carbonyl (C=O) groups is 1. The number of amides is 1. The zero-order valence-electron chi connectivity index (χ0n) is 17.2. The summed E-state index contributed by atoms with van der Waals surface area (Å²) in [5.41, 5.74) is 4.62. The molecule has 0 aliphatic rings. The van der Waals surface area contributed by atoms with Gasteiger partial charge in [0.25, 0.3) is 0 Å². The molecule has 1 aromatic heterocycles. The van der Waals surface area contributed by atoms with Gasteiger partial charge < -0.3 is 5.32 Å². The molecule has 30 heavy (non-hydrogen) atoms. The largest absolute Gasteiger partial charge is 0.324 e. The van der Waals surface area contributed by atoms with E-state index in [2.05, 4.69) is 45.0 Å². The third-order valence-electron chi connectivity index (χ3n) is 4.83. The molecule has 1 heterocycles. The summed E-state index contributed by atoms with van der Waals surface area (Å²) in [4.78, 5) is 11.8. The predicted octanol–water partition coefficient (Wildman–Crippen LogP) is 6.43. The van der Waals surface area contributed by atoms with Crippen LogP contribution in [0.1, 0.15) is 48.6 Å². The summed E-state index contributed by atoms with van der Waals surface area (Å²) in [5.74, 6) is 0.145. The number of hydrogen-bond acceptors (Lipinski definition) is 6. The van der Waals surface area contributed by atoms with E-state index in [1.165, 1.54) is 12.5 Å². The molecule has 3 rings (SSSR count). The standard InChI is InChI=1S/C23H23N5OS/c1-4-18(12-17-8-6-5-7-9-17)19-10-11-21(22(13-19)25-16(3)29)26-27-23-20(14-24)15(2)28-30-23/h5-11,13,18H,4,12H2,1-3H3,(H,25,29). The van der Waals surface area contributed by atoms with Gasteiger partial charge in [0, 0.05) is 6.92 Å². The summed E-state index contributed by atoms with van der Waals surface area (Å²) < 4.78 is 4.15. The number of aryl methyl sites for hydroxylation is 1.